The molecule has 0 saturated heterocycles. The highest BCUT2D eigenvalue weighted by Crippen LogP contribution is 2.31. The molecule has 0 atom stereocenters. The van der Waals surface area contributed by atoms with Crippen molar-refractivity contribution in [2.24, 2.45) is 0 Å². The van der Waals surface area contributed by atoms with Crippen molar-refractivity contribution in [3.05, 3.63) is 77.9 Å². The van der Waals surface area contributed by atoms with Crippen LogP contribution in [0.1, 0.15) is 22.8 Å². The molecule has 3 rings (SSSR count). The van der Waals surface area contributed by atoms with Gasteiger partial charge < -0.3 is 14.8 Å². The van der Waals surface area contributed by atoms with Crippen LogP contribution in [0.4, 0.5) is 11.4 Å². The first-order valence-electron chi connectivity index (χ1n) is 10.0. The van der Waals surface area contributed by atoms with Crippen molar-refractivity contribution < 1.29 is 22.7 Å². The Labute approximate surface area is 188 Å². The number of sulfonamides is 1. The Bertz CT molecular complexity index is 1210. The van der Waals surface area contributed by atoms with Crippen LogP contribution in [-0.2, 0) is 16.4 Å². The first kappa shape index (κ1) is 23.1. The average molecular weight is 455 g/mol. The molecule has 7 nitrogen and oxygen atoms in total. The van der Waals surface area contributed by atoms with Crippen molar-refractivity contribution in [2.45, 2.75) is 18.2 Å². The second kappa shape index (κ2) is 9.74. The standard InChI is InChI=1S/C24H26N2O5S/c1-5-17-8-6-7-9-21(17)25-24(27)18-10-12-19(13-11-18)26(2)32(28,29)20-14-15-22(30-3)23(16-20)31-4/h6-16H,5H2,1-4H3,(H,25,27). The second-order valence-electron chi connectivity index (χ2n) is 7.00. The summed E-state index contributed by atoms with van der Waals surface area (Å²) in [7, 11) is 0.542. The number of anilines is 2. The molecule has 0 aromatic heterocycles. The molecule has 1 N–H and O–H groups in total. The zero-order valence-electron chi connectivity index (χ0n) is 18.5. The van der Waals surface area contributed by atoms with Crippen LogP contribution >= 0.6 is 0 Å². The van der Waals surface area contributed by atoms with Gasteiger partial charge in [0.2, 0.25) is 0 Å². The molecule has 168 valence electrons. The minimum Gasteiger partial charge on any atom is -0.493 e. The summed E-state index contributed by atoms with van der Waals surface area (Å²) in [5.74, 6) is 0.498. The third-order valence-electron chi connectivity index (χ3n) is 5.15. The second-order valence-corrected chi connectivity index (χ2v) is 8.97. The van der Waals surface area contributed by atoms with Gasteiger partial charge in [-0.1, -0.05) is 25.1 Å². The minimum atomic E-state index is -3.84. The third-order valence-corrected chi connectivity index (χ3v) is 6.93. The van der Waals surface area contributed by atoms with Crippen LogP contribution < -0.4 is 19.1 Å². The maximum absolute atomic E-state index is 13.1. The Kier molecular flexibility index (Phi) is 7.05. The molecule has 0 heterocycles. The summed E-state index contributed by atoms with van der Waals surface area (Å²) in [5, 5.41) is 2.91. The lowest BCUT2D eigenvalue weighted by Crippen LogP contribution is -2.26. The minimum absolute atomic E-state index is 0.0654. The molecule has 3 aromatic carbocycles. The van der Waals surface area contributed by atoms with Crippen LogP contribution in [0.3, 0.4) is 0 Å². The molecule has 1 amide bonds. The number of nitrogens with zero attached hydrogens (tertiary/aromatic N) is 1. The number of nitrogens with one attached hydrogen (secondary N) is 1. The van der Waals surface area contributed by atoms with Gasteiger partial charge in [0, 0.05) is 24.4 Å². The monoisotopic (exact) mass is 454 g/mol. The smallest absolute Gasteiger partial charge is 0.264 e. The molecule has 0 spiro atoms. The number of carbonyl (C=O) groups is 1. The SMILES string of the molecule is CCc1ccccc1NC(=O)c1ccc(N(C)S(=O)(=O)c2ccc(OC)c(OC)c2)cc1. The van der Waals surface area contributed by atoms with Crippen LogP contribution in [0.15, 0.2) is 71.6 Å². The van der Waals surface area contributed by atoms with Crippen LogP contribution in [0.2, 0.25) is 0 Å². The van der Waals surface area contributed by atoms with E-state index in [2.05, 4.69) is 5.32 Å². The summed E-state index contributed by atoms with van der Waals surface area (Å²) in [6.07, 6.45) is 0.800. The van der Waals surface area contributed by atoms with Gasteiger partial charge in [-0.2, -0.15) is 0 Å². The number of rotatable bonds is 8. The number of methoxy groups -OCH3 is 2. The summed E-state index contributed by atoms with van der Waals surface area (Å²) < 4.78 is 37.7. The van der Waals surface area contributed by atoms with Gasteiger partial charge in [-0.3, -0.25) is 9.10 Å². The maximum atomic E-state index is 13.1. The molecule has 0 fully saturated rings. The molecule has 3 aromatic rings. The zero-order valence-corrected chi connectivity index (χ0v) is 19.3. The van der Waals surface area contributed by atoms with Gasteiger partial charge >= 0.3 is 0 Å². The summed E-state index contributed by atoms with van der Waals surface area (Å²) in [6.45, 7) is 2.02. The molecule has 0 saturated carbocycles. The first-order chi connectivity index (χ1) is 15.3. The Morgan fingerprint density at radius 1 is 0.938 bits per heavy atom. The molecule has 0 aliphatic carbocycles. The Balaban J connectivity index is 1.81. The number of ether oxygens (including phenoxy) is 2. The largest absolute Gasteiger partial charge is 0.493 e. The maximum Gasteiger partial charge on any atom is 0.264 e. The normalized spacial score (nSPS) is 11.0. The molecular weight excluding hydrogens is 428 g/mol. The third kappa shape index (κ3) is 4.70. The highest BCUT2D eigenvalue weighted by molar-refractivity contribution is 7.92. The van der Waals surface area contributed by atoms with E-state index in [1.54, 1.807) is 30.3 Å². The summed E-state index contributed by atoms with van der Waals surface area (Å²) in [6, 6.07) is 18.4. The van der Waals surface area contributed by atoms with E-state index in [-0.39, 0.29) is 10.8 Å². The summed E-state index contributed by atoms with van der Waals surface area (Å²) in [4.78, 5) is 12.7. The highest BCUT2D eigenvalue weighted by Gasteiger charge is 2.23. The zero-order chi connectivity index (χ0) is 23.3. The molecule has 0 radical (unpaired) electrons. The molecule has 0 aliphatic heterocycles. The number of aryl methyl sites for hydroxylation is 1. The molecule has 32 heavy (non-hydrogen) atoms. The predicted molar refractivity (Wildman–Crippen MR) is 125 cm³/mol. The number of para-hydroxylation sites is 1. The van der Waals surface area contributed by atoms with E-state index in [1.807, 2.05) is 31.2 Å². The fourth-order valence-corrected chi connectivity index (χ4v) is 4.45. The Morgan fingerprint density at radius 2 is 1.59 bits per heavy atom. The van der Waals surface area contributed by atoms with Gasteiger partial charge in [0.15, 0.2) is 11.5 Å². The van der Waals surface area contributed by atoms with Crippen LogP contribution in [-0.4, -0.2) is 35.6 Å². The van der Waals surface area contributed by atoms with E-state index in [9.17, 15) is 13.2 Å². The Hall–Kier alpha value is -3.52. The fraction of sp³-hybridized carbons (Fsp3) is 0.208. The van der Waals surface area contributed by atoms with E-state index < -0.39 is 10.0 Å². The van der Waals surface area contributed by atoms with E-state index >= 15 is 0 Å². The van der Waals surface area contributed by atoms with Crippen LogP contribution in [0.5, 0.6) is 11.5 Å². The predicted octanol–water partition coefficient (Wildman–Crippen LogP) is 4.34. The van der Waals surface area contributed by atoms with E-state index in [0.717, 1.165) is 22.0 Å². The van der Waals surface area contributed by atoms with Gasteiger partial charge in [0.1, 0.15) is 0 Å². The summed E-state index contributed by atoms with van der Waals surface area (Å²) >= 11 is 0. The average Bonchev–Trinajstić information content (AvgIpc) is 2.83. The molecular formula is C24H26N2O5S. The summed E-state index contributed by atoms with van der Waals surface area (Å²) in [5.41, 5.74) is 2.65. The molecule has 8 heteroatoms. The topological polar surface area (TPSA) is 84.9 Å². The van der Waals surface area contributed by atoms with Crippen molar-refractivity contribution >= 4 is 27.3 Å². The van der Waals surface area contributed by atoms with Crippen LogP contribution in [0.25, 0.3) is 0 Å². The number of benzene rings is 3. The lowest BCUT2D eigenvalue weighted by Gasteiger charge is -2.20. The molecule has 0 unspecified atom stereocenters. The lowest BCUT2D eigenvalue weighted by molar-refractivity contribution is 0.102. The van der Waals surface area contributed by atoms with Crippen molar-refractivity contribution in [1.29, 1.82) is 0 Å². The quantitative estimate of drug-likeness (QED) is 0.547. The van der Waals surface area contributed by atoms with Crippen molar-refractivity contribution in [3.63, 3.8) is 0 Å². The van der Waals surface area contributed by atoms with Gasteiger partial charge in [-0.15, -0.1) is 0 Å². The Morgan fingerprint density at radius 3 is 2.22 bits per heavy atom. The first-order valence-corrected chi connectivity index (χ1v) is 11.5. The molecule has 0 aliphatic rings. The lowest BCUT2D eigenvalue weighted by atomic mass is 10.1. The number of hydrogen-bond donors (Lipinski definition) is 1. The van der Waals surface area contributed by atoms with E-state index in [4.69, 9.17) is 9.47 Å². The van der Waals surface area contributed by atoms with Gasteiger partial charge in [0.25, 0.3) is 15.9 Å². The number of amides is 1. The van der Waals surface area contributed by atoms with E-state index in [0.29, 0.717) is 22.7 Å². The van der Waals surface area contributed by atoms with Crippen molar-refractivity contribution in [3.8, 4) is 11.5 Å². The fourth-order valence-electron chi connectivity index (χ4n) is 3.24. The highest BCUT2D eigenvalue weighted by atomic mass is 32.2. The van der Waals surface area contributed by atoms with Gasteiger partial charge in [-0.25, -0.2) is 8.42 Å². The molecule has 0 bridgehead atoms. The van der Waals surface area contributed by atoms with Crippen LogP contribution in [0, 0.1) is 0 Å². The number of hydrogen-bond acceptors (Lipinski definition) is 5. The number of carbonyl (C=O) groups excluding carboxylic acids is 1. The van der Waals surface area contributed by atoms with Gasteiger partial charge in [0.05, 0.1) is 24.8 Å². The van der Waals surface area contributed by atoms with E-state index in [1.165, 1.54) is 33.4 Å². The van der Waals surface area contributed by atoms with Crippen molar-refractivity contribution in [1.82, 2.24) is 0 Å². The van der Waals surface area contributed by atoms with Crippen molar-refractivity contribution in [2.75, 3.05) is 30.9 Å². The van der Waals surface area contributed by atoms with Gasteiger partial charge in [-0.05, 0) is 54.4 Å².